The van der Waals surface area contributed by atoms with Gasteiger partial charge in [0.05, 0.1) is 13.7 Å². The Bertz CT molecular complexity index is 1540. The number of H-pyrrole nitrogens is 1. The Kier molecular flexibility index (Phi) is 20.2. The molecule has 5 N–H and O–H groups in total. The monoisotopic (exact) mass is 737 g/mol. The Morgan fingerprint density at radius 2 is 1.63 bits per heavy atom. The molecule has 1 aromatic rings. The number of carbonyl (C=O) groups is 2. The molecule has 1 unspecified atom stereocenters. The van der Waals surface area contributed by atoms with E-state index in [0.29, 0.717) is 12.8 Å². The van der Waals surface area contributed by atoms with Crippen molar-refractivity contribution in [1.29, 1.82) is 0 Å². The number of allylic oxidation sites excluding steroid dienone is 10. The van der Waals surface area contributed by atoms with Crippen LogP contribution in [0.1, 0.15) is 71.4 Å². The summed E-state index contributed by atoms with van der Waals surface area (Å²) in [6, 6.07) is 0.997. The third-order valence-electron chi connectivity index (χ3n) is 7.60. The number of nitrogens with zero attached hydrogens (tertiary/aromatic N) is 1. The summed E-state index contributed by atoms with van der Waals surface area (Å²) >= 11 is 0. The van der Waals surface area contributed by atoms with E-state index in [1.165, 1.54) is 0 Å². The minimum atomic E-state index is -4.04. The zero-order valence-electron chi connectivity index (χ0n) is 29.6. The van der Waals surface area contributed by atoms with Gasteiger partial charge in [-0.15, -0.1) is 0 Å². The van der Waals surface area contributed by atoms with Crippen LogP contribution >= 0.6 is 7.67 Å². The number of nitrogens with one attached hydrogen (secondary N) is 4. The molecule has 51 heavy (non-hydrogen) atoms. The lowest BCUT2D eigenvalue weighted by molar-refractivity contribution is -0.139. The maximum absolute atomic E-state index is 15.5. The largest absolute Gasteiger partial charge is 0.468 e. The van der Waals surface area contributed by atoms with Crippen LogP contribution in [0.15, 0.2) is 82.6 Å². The zero-order chi connectivity index (χ0) is 37.5. The van der Waals surface area contributed by atoms with Gasteiger partial charge in [-0.3, -0.25) is 28.5 Å². The number of aromatic nitrogens is 2. The molecular weight excluding hydrogens is 684 g/mol. The summed E-state index contributed by atoms with van der Waals surface area (Å²) in [4.78, 5) is 49.6. The van der Waals surface area contributed by atoms with Gasteiger partial charge in [-0.1, -0.05) is 67.7 Å². The molecule has 1 amide bonds. The molecule has 16 heteroatoms. The van der Waals surface area contributed by atoms with E-state index in [9.17, 15) is 28.8 Å². The molecule has 0 spiro atoms. The molecule has 0 saturated carbocycles. The zero-order valence-corrected chi connectivity index (χ0v) is 30.5. The third-order valence-corrected chi connectivity index (χ3v) is 9.33. The highest BCUT2D eigenvalue weighted by atomic mass is 31.2. The number of aliphatic hydroxyl groups excluding tert-OH is 1. The van der Waals surface area contributed by atoms with Crippen molar-refractivity contribution in [1.82, 2.24) is 25.0 Å². The third kappa shape index (κ3) is 16.4. The lowest BCUT2D eigenvalue weighted by Crippen LogP contribution is -2.44. The van der Waals surface area contributed by atoms with Crippen molar-refractivity contribution >= 4 is 19.5 Å². The molecule has 0 bridgehead atoms. The predicted molar refractivity (Wildman–Crippen MR) is 194 cm³/mol. The van der Waals surface area contributed by atoms with Gasteiger partial charge in [-0.05, 0) is 51.9 Å². The van der Waals surface area contributed by atoms with Gasteiger partial charge in [-0.25, -0.2) is 19.4 Å². The van der Waals surface area contributed by atoms with Crippen LogP contribution in [-0.2, 0) is 28.2 Å². The van der Waals surface area contributed by atoms with E-state index in [1.54, 1.807) is 0 Å². The number of aliphatic hydroxyl groups is 1. The van der Waals surface area contributed by atoms with Gasteiger partial charge in [0.2, 0.25) is 5.91 Å². The van der Waals surface area contributed by atoms with Gasteiger partial charge >= 0.3 is 19.3 Å². The second kappa shape index (κ2) is 23.7. The molecule has 0 aliphatic carbocycles. The number of esters is 1. The van der Waals surface area contributed by atoms with E-state index in [-0.39, 0.29) is 19.0 Å². The van der Waals surface area contributed by atoms with Crippen molar-refractivity contribution in [2.45, 2.75) is 89.3 Å². The Hall–Kier alpha value is -3.72. The van der Waals surface area contributed by atoms with Crippen molar-refractivity contribution < 1.29 is 37.6 Å². The normalized spacial score (nSPS) is 22.2. The van der Waals surface area contributed by atoms with Crippen molar-refractivity contribution in [3.8, 4) is 0 Å². The summed E-state index contributed by atoms with van der Waals surface area (Å²) in [5.74, 6) is -0.942. The fourth-order valence-electron chi connectivity index (χ4n) is 4.77. The van der Waals surface area contributed by atoms with E-state index < -0.39 is 62.1 Å². The van der Waals surface area contributed by atoms with Gasteiger partial charge in [0.15, 0.2) is 11.9 Å². The Morgan fingerprint density at radius 1 is 1.02 bits per heavy atom. The van der Waals surface area contributed by atoms with Crippen LogP contribution in [0.3, 0.4) is 0 Å². The summed E-state index contributed by atoms with van der Waals surface area (Å²) < 4.78 is 45.4. The smallest absolute Gasteiger partial charge is 0.341 e. The molecule has 1 fully saturated rings. The van der Waals surface area contributed by atoms with Crippen LogP contribution in [0.25, 0.3) is 0 Å². The van der Waals surface area contributed by atoms with Crippen LogP contribution in [0.4, 0.5) is 4.39 Å². The molecular formula is C35H53FN5O9P. The molecule has 1 aliphatic rings. The summed E-state index contributed by atoms with van der Waals surface area (Å²) in [5.41, 5.74) is -4.14. The first-order chi connectivity index (χ1) is 24.4. The topological polar surface area (TPSA) is 190 Å². The van der Waals surface area contributed by atoms with Crippen molar-refractivity contribution in [3.63, 3.8) is 0 Å². The molecule has 1 aliphatic heterocycles. The fraction of sp³-hybridized carbons (Fsp3) is 0.543. The Labute approximate surface area is 298 Å². The van der Waals surface area contributed by atoms with E-state index in [4.69, 9.17) is 9.26 Å². The minimum Gasteiger partial charge on any atom is -0.468 e. The Balaban J connectivity index is 1.72. The highest BCUT2D eigenvalue weighted by molar-refractivity contribution is 7.54. The maximum atomic E-state index is 15.5. The van der Waals surface area contributed by atoms with E-state index >= 15 is 4.39 Å². The van der Waals surface area contributed by atoms with Gasteiger partial charge in [0.25, 0.3) is 5.56 Å². The summed E-state index contributed by atoms with van der Waals surface area (Å²) in [6.45, 7) is 2.06. The predicted octanol–water partition coefficient (Wildman–Crippen LogP) is 4.04. The highest BCUT2D eigenvalue weighted by Gasteiger charge is 2.55. The van der Waals surface area contributed by atoms with Crippen LogP contribution in [0.2, 0.25) is 0 Å². The Morgan fingerprint density at radius 3 is 2.22 bits per heavy atom. The molecule has 284 valence electrons. The first-order valence-electron chi connectivity index (χ1n) is 17.1. The lowest BCUT2D eigenvalue weighted by atomic mass is 9.98. The second-order valence-electron chi connectivity index (χ2n) is 11.8. The van der Waals surface area contributed by atoms with Crippen molar-refractivity contribution in [3.05, 3.63) is 93.9 Å². The quantitative estimate of drug-likeness (QED) is 0.0446. The molecule has 14 nitrogen and oxygen atoms in total. The number of methoxy groups -OCH3 is 1. The molecule has 2 heterocycles. The lowest BCUT2D eigenvalue weighted by Gasteiger charge is -2.25. The fourth-order valence-corrected chi connectivity index (χ4v) is 6.17. The molecule has 0 radical (unpaired) electrons. The number of rotatable bonds is 24. The second-order valence-corrected chi connectivity index (χ2v) is 13.8. The molecule has 2 rings (SSSR count). The van der Waals surface area contributed by atoms with Crippen molar-refractivity contribution in [2.24, 2.45) is 0 Å². The number of hydrogen-bond acceptors (Lipinski definition) is 9. The highest BCUT2D eigenvalue weighted by Crippen LogP contribution is 2.43. The number of carbonyl (C=O) groups excluding carboxylic acids is 2. The summed E-state index contributed by atoms with van der Waals surface area (Å²) in [7, 11) is -2.89. The average molecular weight is 738 g/mol. The number of alkyl halides is 1. The van der Waals surface area contributed by atoms with Gasteiger partial charge < -0.3 is 24.4 Å². The van der Waals surface area contributed by atoms with E-state index in [0.717, 1.165) is 69.4 Å². The number of aromatic amines is 1. The van der Waals surface area contributed by atoms with Crippen LogP contribution in [0.5, 0.6) is 0 Å². The number of halogens is 1. The first kappa shape index (κ1) is 43.4. The molecule has 1 saturated heterocycles. The van der Waals surface area contributed by atoms with E-state index in [1.807, 2.05) is 11.1 Å². The summed E-state index contributed by atoms with van der Waals surface area (Å²) in [6.07, 6.45) is 23.8. The van der Waals surface area contributed by atoms with Gasteiger partial charge in [-0.2, -0.15) is 0 Å². The standard InChI is InChI=1S/C35H53FN5O9P/c1-4-5-6-7-8-9-10-11-12-13-14-15-16-17-18-19-20-21-29(42)37-23-24-38-51(47,39-26-31(44)48-3)49-27-28-32(45)35(2,36)33(50-28)41-25-22-30(43)40-34(41)46/h5-6,8-9,11-12,14-15,17-18,22,25,28,32-33,45H,4,7,10,13,16,19-21,23-24,26-27H2,1-3H3,(H,37,42)(H2,38,39,47)(H,40,43,46)/t28-,32-,33-,35-,51?/m1/s1. The first-order valence-corrected chi connectivity index (χ1v) is 18.7. The van der Waals surface area contributed by atoms with Gasteiger partial charge in [0, 0.05) is 31.8 Å². The number of amides is 1. The van der Waals surface area contributed by atoms with Gasteiger partial charge in [0.1, 0.15) is 18.8 Å². The van der Waals surface area contributed by atoms with E-state index in [2.05, 4.69) is 81.8 Å². The number of unbranched alkanes of at least 4 members (excludes halogenated alkanes) is 1. The SMILES string of the molecule is CCC=CCC=CCC=CCC=CCC=CCCCC(=O)NCCNP(=O)(NCC(=O)OC)OC[C@H]1O[C@@H](n2ccc(=O)[nH]c2=O)[C@](C)(F)[C@@H]1O. The molecule has 1 aromatic heterocycles. The van der Waals surface area contributed by atoms with Crippen LogP contribution in [0, 0.1) is 0 Å². The molecule has 5 atom stereocenters. The van der Waals surface area contributed by atoms with Crippen LogP contribution in [-0.4, -0.2) is 77.8 Å². The number of hydrogen-bond donors (Lipinski definition) is 5. The number of ether oxygens (including phenoxy) is 2. The average Bonchev–Trinajstić information content (AvgIpc) is 3.33. The molecule has 0 aromatic carbocycles. The minimum absolute atomic E-state index is 0.0315. The summed E-state index contributed by atoms with van der Waals surface area (Å²) in [5, 5.41) is 18.4. The maximum Gasteiger partial charge on any atom is 0.341 e. The van der Waals surface area contributed by atoms with Crippen molar-refractivity contribution in [2.75, 3.05) is 33.4 Å². The van der Waals surface area contributed by atoms with Crippen LogP contribution < -0.4 is 26.7 Å².